The Hall–Kier alpha value is 0.570. The Balaban J connectivity index is 3.17. The van der Waals surface area contributed by atoms with Gasteiger partial charge in [0, 0.05) is 10.0 Å². The number of benzene rings is 1. The molecular formula is C7H4BrCl3. The zero-order valence-corrected chi connectivity index (χ0v) is 9.18. The molecular weight excluding hydrogens is 270 g/mol. The molecule has 0 aliphatic carbocycles. The first-order valence-electron chi connectivity index (χ1n) is 2.85. The fraction of sp³-hybridized carbons (Fsp3) is 0.143. The second-order valence-electron chi connectivity index (χ2n) is 1.94. The van der Waals surface area contributed by atoms with E-state index in [0.717, 1.165) is 10.0 Å². The van der Waals surface area contributed by atoms with Gasteiger partial charge in [0.05, 0.1) is 5.02 Å². The number of hydrogen-bond donors (Lipinski definition) is 0. The Morgan fingerprint density at radius 3 is 2.36 bits per heavy atom. The molecule has 60 valence electrons. The standard InChI is InChI=1S/C7H4BrCl3/c8-5-3-1-2-4(6(5)9)7(10)11/h1-3,7H. The highest BCUT2D eigenvalue weighted by molar-refractivity contribution is 9.10. The Morgan fingerprint density at radius 2 is 1.91 bits per heavy atom. The molecule has 0 bridgehead atoms. The monoisotopic (exact) mass is 272 g/mol. The molecule has 1 aromatic carbocycles. The fourth-order valence-corrected chi connectivity index (χ4v) is 1.78. The van der Waals surface area contributed by atoms with Crippen molar-refractivity contribution >= 4 is 50.7 Å². The Labute approximate surface area is 88.6 Å². The molecule has 0 radical (unpaired) electrons. The lowest BCUT2D eigenvalue weighted by Crippen LogP contribution is -1.83. The van der Waals surface area contributed by atoms with Crippen molar-refractivity contribution in [2.75, 3.05) is 0 Å². The minimum absolute atomic E-state index is 0.569. The smallest absolute Gasteiger partial charge is 0.100 e. The van der Waals surface area contributed by atoms with E-state index in [1.807, 2.05) is 12.1 Å². The van der Waals surface area contributed by atoms with Gasteiger partial charge in [0.1, 0.15) is 4.84 Å². The van der Waals surface area contributed by atoms with Gasteiger partial charge in [0.2, 0.25) is 0 Å². The molecule has 0 saturated heterocycles. The Kier molecular flexibility index (Phi) is 3.51. The van der Waals surface area contributed by atoms with Crippen LogP contribution in [0.5, 0.6) is 0 Å². The molecule has 0 fully saturated rings. The minimum atomic E-state index is -0.569. The van der Waals surface area contributed by atoms with Crippen molar-refractivity contribution in [3.63, 3.8) is 0 Å². The topological polar surface area (TPSA) is 0 Å². The molecule has 0 amide bonds. The number of alkyl halides is 2. The molecule has 0 nitrogen and oxygen atoms in total. The number of rotatable bonds is 1. The molecule has 0 atom stereocenters. The van der Waals surface area contributed by atoms with E-state index in [1.165, 1.54) is 0 Å². The van der Waals surface area contributed by atoms with Crippen molar-refractivity contribution in [2.45, 2.75) is 4.84 Å². The molecule has 11 heavy (non-hydrogen) atoms. The molecule has 0 unspecified atom stereocenters. The largest absolute Gasteiger partial charge is 0.134 e. The highest BCUT2D eigenvalue weighted by atomic mass is 79.9. The van der Waals surface area contributed by atoms with Crippen LogP contribution in [0.25, 0.3) is 0 Å². The summed E-state index contributed by atoms with van der Waals surface area (Å²) in [7, 11) is 0. The zero-order valence-electron chi connectivity index (χ0n) is 5.32. The van der Waals surface area contributed by atoms with Crippen molar-refractivity contribution in [1.82, 2.24) is 0 Å². The van der Waals surface area contributed by atoms with Crippen LogP contribution in [0.1, 0.15) is 10.4 Å². The van der Waals surface area contributed by atoms with Crippen molar-refractivity contribution in [3.8, 4) is 0 Å². The van der Waals surface area contributed by atoms with Crippen LogP contribution in [0.15, 0.2) is 22.7 Å². The average molecular weight is 274 g/mol. The SMILES string of the molecule is Clc1c(Br)cccc1C(Cl)Cl. The third-order valence-electron chi connectivity index (χ3n) is 1.22. The van der Waals surface area contributed by atoms with Crippen LogP contribution in [0.3, 0.4) is 0 Å². The third kappa shape index (κ3) is 2.25. The van der Waals surface area contributed by atoms with Gasteiger partial charge in [0.15, 0.2) is 0 Å². The van der Waals surface area contributed by atoms with Gasteiger partial charge in [0.25, 0.3) is 0 Å². The van der Waals surface area contributed by atoms with Gasteiger partial charge < -0.3 is 0 Å². The normalized spacial score (nSPS) is 10.6. The molecule has 4 heteroatoms. The molecule has 0 aliphatic rings. The molecule has 0 N–H and O–H groups in total. The summed E-state index contributed by atoms with van der Waals surface area (Å²) in [5, 5.41) is 0.572. The highest BCUT2D eigenvalue weighted by Crippen LogP contribution is 2.34. The maximum atomic E-state index is 5.87. The molecule has 0 aliphatic heterocycles. The van der Waals surface area contributed by atoms with Gasteiger partial charge in [-0.25, -0.2) is 0 Å². The van der Waals surface area contributed by atoms with E-state index in [-0.39, 0.29) is 0 Å². The quantitative estimate of drug-likeness (QED) is 0.658. The summed E-state index contributed by atoms with van der Waals surface area (Å²) in [6, 6.07) is 5.46. The van der Waals surface area contributed by atoms with Crippen molar-refractivity contribution < 1.29 is 0 Å². The first-order valence-corrected chi connectivity index (χ1v) is 4.89. The average Bonchev–Trinajstić information content (AvgIpc) is 1.94. The van der Waals surface area contributed by atoms with Gasteiger partial charge in [-0.05, 0) is 22.0 Å². The summed E-state index contributed by atoms with van der Waals surface area (Å²) in [6.07, 6.45) is 0. The molecule has 0 spiro atoms. The van der Waals surface area contributed by atoms with E-state index in [9.17, 15) is 0 Å². The lowest BCUT2D eigenvalue weighted by atomic mass is 10.2. The van der Waals surface area contributed by atoms with E-state index in [4.69, 9.17) is 34.8 Å². The maximum absolute atomic E-state index is 5.87. The molecule has 0 aromatic heterocycles. The summed E-state index contributed by atoms with van der Waals surface area (Å²) in [5.41, 5.74) is 0.726. The van der Waals surface area contributed by atoms with E-state index >= 15 is 0 Å². The lowest BCUT2D eigenvalue weighted by molar-refractivity contribution is 1.34. The summed E-state index contributed by atoms with van der Waals surface area (Å²) >= 11 is 20.4. The predicted octanol–water partition coefficient (Wildman–Crippen LogP) is 4.58. The van der Waals surface area contributed by atoms with Crippen LogP contribution in [-0.2, 0) is 0 Å². The van der Waals surface area contributed by atoms with Gasteiger partial charge in [-0.1, -0.05) is 23.7 Å². The maximum Gasteiger partial charge on any atom is 0.134 e. The van der Waals surface area contributed by atoms with E-state index < -0.39 is 4.84 Å². The van der Waals surface area contributed by atoms with Gasteiger partial charge >= 0.3 is 0 Å². The third-order valence-corrected chi connectivity index (χ3v) is 3.00. The summed E-state index contributed by atoms with van der Waals surface area (Å²) in [4.78, 5) is -0.569. The van der Waals surface area contributed by atoms with E-state index in [1.54, 1.807) is 6.07 Å². The summed E-state index contributed by atoms with van der Waals surface area (Å²) < 4.78 is 0.808. The summed E-state index contributed by atoms with van der Waals surface area (Å²) in [6.45, 7) is 0. The lowest BCUT2D eigenvalue weighted by Gasteiger charge is -2.04. The fourth-order valence-electron chi connectivity index (χ4n) is 0.689. The van der Waals surface area contributed by atoms with Crippen LogP contribution in [-0.4, -0.2) is 0 Å². The van der Waals surface area contributed by atoms with Crippen molar-refractivity contribution in [2.24, 2.45) is 0 Å². The van der Waals surface area contributed by atoms with Crippen LogP contribution >= 0.6 is 50.7 Å². The van der Waals surface area contributed by atoms with Crippen LogP contribution in [0, 0.1) is 0 Å². The Morgan fingerprint density at radius 1 is 1.27 bits per heavy atom. The molecule has 1 aromatic rings. The van der Waals surface area contributed by atoms with Crippen molar-refractivity contribution in [1.29, 1.82) is 0 Å². The molecule has 1 rings (SSSR count). The zero-order chi connectivity index (χ0) is 8.43. The predicted molar refractivity (Wildman–Crippen MR) is 53.6 cm³/mol. The van der Waals surface area contributed by atoms with Crippen LogP contribution in [0.2, 0.25) is 5.02 Å². The molecule has 0 saturated carbocycles. The molecule has 0 heterocycles. The second kappa shape index (κ2) is 3.99. The van der Waals surface area contributed by atoms with Crippen LogP contribution in [0.4, 0.5) is 0 Å². The van der Waals surface area contributed by atoms with Gasteiger partial charge in [-0.15, -0.1) is 23.2 Å². The van der Waals surface area contributed by atoms with Gasteiger partial charge in [-0.2, -0.15) is 0 Å². The number of hydrogen-bond acceptors (Lipinski definition) is 0. The van der Waals surface area contributed by atoms with Crippen molar-refractivity contribution in [3.05, 3.63) is 33.3 Å². The van der Waals surface area contributed by atoms with E-state index in [2.05, 4.69) is 15.9 Å². The summed E-state index contributed by atoms with van der Waals surface area (Å²) in [5.74, 6) is 0. The first kappa shape index (κ1) is 9.66. The van der Waals surface area contributed by atoms with Gasteiger partial charge in [-0.3, -0.25) is 0 Å². The van der Waals surface area contributed by atoms with Crippen LogP contribution < -0.4 is 0 Å². The highest BCUT2D eigenvalue weighted by Gasteiger charge is 2.09. The minimum Gasteiger partial charge on any atom is -0.100 e. The first-order chi connectivity index (χ1) is 5.13. The second-order valence-corrected chi connectivity index (χ2v) is 4.27. The Bertz CT molecular complexity index is 260. The van der Waals surface area contributed by atoms with E-state index in [0.29, 0.717) is 5.02 Å². The number of halogens is 4.